The topological polar surface area (TPSA) is 66.5 Å². The van der Waals surface area contributed by atoms with E-state index in [4.69, 9.17) is 0 Å². The molecule has 5 nitrogen and oxygen atoms in total. The molecule has 2 aliphatic heterocycles. The number of amides is 1. The Morgan fingerprint density at radius 1 is 1.04 bits per heavy atom. The van der Waals surface area contributed by atoms with Gasteiger partial charge < -0.3 is 5.32 Å². The second-order valence-electron chi connectivity index (χ2n) is 6.87. The number of carbonyl (C=O) groups excluding carboxylic acids is 1. The van der Waals surface area contributed by atoms with Crippen molar-refractivity contribution in [1.82, 2.24) is 4.31 Å². The maximum absolute atomic E-state index is 12.7. The number of sulfonamides is 1. The molecule has 0 spiro atoms. The third kappa shape index (κ3) is 3.90. The van der Waals surface area contributed by atoms with Crippen LogP contribution in [-0.4, -0.2) is 37.5 Å². The van der Waals surface area contributed by atoms with Gasteiger partial charge in [-0.1, -0.05) is 6.07 Å². The lowest BCUT2D eigenvalue weighted by Crippen LogP contribution is -2.27. The van der Waals surface area contributed by atoms with Gasteiger partial charge in [0.05, 0.1) is 4.90 Å². The first-order chi connectivity index (χ1) is 13.0. The Morgan fingerprint density at radius 3 is 2.67 bits per heavy atom. The number of hydrogen-bond acceptors (Lipinski definition) is 4. The van der Waals surface area contributed by atoms with Crippen molar-refractivity contribution >= 4 is 33.4 Å². The maximum Gasteiger partial charge on any atom is 0.255 e. The second-order valence-corrected chi connectivity index (χ2v) is 9.94. The van der Waals surface area contributed by atoms with Crippen LogP contribution in [0.1, 0.15) is 35.2 Å². The molecule has 2 aromatic carbocycles. The molecule has 2 heterocycles. The number of benzene rings is 2. The van der Waals surface area contributed by atoms with E-state index in [2.05, 4.69) is 5.32 Å². The summed E-state index contributed by atoms with van der Waals surface area (Å²) >= 11 is 1.83. The van der Waals surface area contributed by atoms with Crippen LogP contribution in [0.25, 0.3) is 0 Å². The molecular weight excluding hydrogens is 380 g/mol. The van der Waals surface area contributed by atoms with Gasteiger partial charge in [0.15, 0.2) is 0 Å². The third-order valence-corrected chi connectivity index (χ3v) is 8.06. The van der Waals surface area contributed by atoms with Gasteiger partial charge in [0.1, 0.15) is 0 Å². The van der Waals surface area contributed by atoms with Gasteiger partial charge in [0, 0.05) is 29.2 Å². The van der Waals surface area contributed by atoms with E-state index in [1.54, 1.807) is 24.3 Å². The fourth-order valence-corrected chi connectivity index (χ4v) is 6.10. The van der Waals surface area contributed by atoms with Crippen molar-refractivity contribution in [1.29, 1.82) is 0 Å². The lowest BCUT2D eigenvalue weighted by atomic mass is 10.1. The van der Waals surface area contributed by atoms with Crippen LogP contribution in [-0.2, 0) is 16.4 Å². The number of carbonyl (C=O) groups is 1. The van der Waals surface area contributed by atoms with Gasteiger partial charge in [-0.15, -0.1) is 11.8 Å². The van der Waals surface area contributed by atoms with E-state index in [1.807, 2.05) is 30.0 Å². The summed E-state index contributed by atoms with van der Waals surface area (Å²) in [5.74, 6) is 0.903. The Labute approximate surface area is 164 Å². The standard InChI is InChI=1S/C20H22N2O3S2/c23-20(16-8-9-19-15(13-16)5-4-12-26-19)21-17-6-3-7-18(14-17)27(24,25)22-10-1-2-11-22/h3,6-9,13-14H,1-2,4-5,10-12H2,(H,21,23). The maximum atomic E-state index is 12.7. The number of nitrogens with one attached hydrogen (secondary N) is 1. The number of anilines is 1. The highest BCUT2D eigenvalue weighted by molar-refractivity contribution is 7.99. The SMILES string of the molecule is O=C(Nc1cccc(S(=O)(=O)N2CCCC2)c1)c1ccc2c(c1)CCCS2. The van der Waals surface area contributed by atoms with E-state index in [9.17, 15) is 13.2 Å². The van der Waals surface area contributed by atoms with Gasteiger partial charge in [0.25, 0.3) is 5.91 Å². The quantitative estimate of drug-likeness (QED) is 0.846. The molecule has 27 heavy (non-hydrogen) atoms. The average molecular weight is 403 g/mol. The van der Waals surface area contributed by atoms with Crippen molar-refractivity contribution < 1.29 is 13.2 Å². The minimum atomic E-state index is -3.49. The van der Waals surface area contributed by atoms with E-state index in [0.29, 0.717) is 24.3 Å². The fraction of sp³-hybridized carbons (Fsp3) is 0.350. The van der Waals surface area contributed by atoms with Crippen molar-refractivity contribution in [3.05, 3.63) is 53.6 Å². The van der Waals surface area contributed by atoms with E-state index >= 15 is 0 Å². The number of fused-ring (bicyclic) bond motifs is 1. The molecule has 0 aromatic heterocycles. The first kappa shape index (κ1) is 18.5. The first-order valence-electron chi connectivity index (χ1n) is 9.21. The monoisotopic (exact) mass is 402 g/mol. The molecule has 2 aliphatic rings. The molecule has 0 unspecified atom stereocenters. The Kier molecular flexibility index (Phi) is 5.25. The summed E-state index contributed by atoms with van der Waals surface area (Å²) < 4.78 is 26.9. The zero-order valence-corrected chi connectivity index (χ0v) is 16.6. The van der Waals surface area contributed by atoms with Gasteiger partial charge >= 0.3 is 0 Å². The van der Waals surface area contributed by atoms with Crippen molar-refractivity contribution in [3.8, 4) is 0 Å². The summed E-state index contributed by atoms with van der Waals surface area (Å²) in [6.45, 7) is 1.12. The molecular formula is C20H22N2O3S2. The summed E-state index contributed by atoms with van der Waals surface area (Å²) in [5.41, 5.74) is 2.31. The van der Waals surface area contributed by atoms with Crippen LogP contribution >= 0.6 is 11.8 Å². The average Bonchev–Trinajstić information content (AvgIpc) is 3.23. The minimum absolute atomic E-state index is 0.218. The van der Waals surface area contributed by atoms with Crippen molar-refractivity contribution in [2.24, 2.45) is 0 Å². The molecule has 142 valence electrons. The normalized spacial score (nSPS) is 17.5. The van der Waals surface area contributed by atoms with E-state index in [1.165, 1.54) is 14.8 Å². The zero-order valence-electron chi connectivity index (χ0n) is 15.0. The van der Waals surface area contributed by atoms with Crippen molar-refractivity contribution in [2.45, 2.75) is 35.5 Å². The van der Waals surface area contributed by atoms with Gasteiger partial charge in [-0.05, 0) is 73.4 Å². The van der Waals surface area contributed by atoms with E-state index in [0.717, 1.165) is 31.4 Å². The number of aryl methyl sites for hydroxylation is 1. The van der Waals surface area contributed by atoms with Crippen LogP contribution in [0.5, 0.6) is 0 Å². The molecule has 7 heteroatoms. The molecule has 4 rings (SSSR count). The van der Waals surface area contributed by atoms with Crippen LogP contribution in [0.3, 0.4) is 0 Å². The third-order valence-electron chi connectivity index (χ3n) is 4.97. The Hall–Kier alpha value is -1.83. The van der Waals surface area contributed by atoms with Crippen LogP contribution in [0.15, 0.2) is 52.3 Å². The highest BCUT2D eigenvalue weighted by Crippen LogP contribution is 2.30. The predicted octanol–water partition coefficient (Wildman–Crippen LogP) is 3.76. The van der Waals surface area contributed by atoms with Gasteiger partial charge in [-0.2, -0.15) is 4.31 Å². The summed E-state index contributed by atoms with van der Waals surface area (Å²) in [5, 5.41) is 2.84. The Morgan fingerprint density at radius 2 is 1.85 bits per heavy atom. The lowest BCUT2D eigenvalue weighted by molar-refractivity contribution is 0.102. The predicted molar refractivity (Wildman–Crippen MR) is 108 cm³/mol. The van der Waals surface area contributed by atoms with Gasteiger partial charge in [-0.3, -0.25) is 4.79 Å². The minimum Gasteiger partial charge on any atom is -0.322 e. The molecule has 0 radical (unpaired) electrons. The highest BCUT2D eigenvalue weighted by atomic mass is 32.2. The molecule has 1 fully saturated rings. The van der Waals surface area contributed by atoms with Crippen molar-refractivity contribution in [2.75, 3.05) is 24.2 Å². The molecule has 0 bridgehead atoms. The summed E-state index contributed by atoms with van der Waals surface area (Å²) in [7, 11) is -3.49. The molecule has 1 N–H and O–H groups in total. The van der Waals surface area contributed by atoms with Gasteiger partial charge in [0.2, 0.25) is 10.0 Å². The Balaban J connectivity index is 1.54. The van der Waals surface area contributed by atoms with Crippen LogP contribution in [0.4, 0.5) is 5.69 Å². The summed E-state index contributed by atoms with van der Waals surface area (Å²) in [6, 6.07) is 12.3. The Bertz CT molecular complexity index is 967. The molecule has 0 saturated carbocycles. The van der Waals surface area contributed by atoms with Gasteiger partial charge in [-0.25, -0.2) is 8.42 Å². The number of rotatable bonds is 4. The van der Waals surface area contributed by atoms with Crippen LogP contribution in [0.2, 0.25) is 0 Å². The van der Waals surface area contributed by atoms with Crippen LogP contribution in [0, 0.1) is 0 Å². The largest absolute Gasteiger partial charge is 0.322 e. The lowest BCUT2D eigenvalue weighted by Gasteiger charge is -2.17. The molecule has 2 aromatic rings. The fourth-order valence-electron chi connectivity index (χ4n) is 3.52. The number of thioether (sulfide) groups is 1. The molecule has 0 aliphatic carbocycles. The molecule has 1 saturated heterocycles. The first-order valence-corrected chi connectivity index (χ1v) is 11.6. The summed E-state index contributed by atoms with van der Waals surface area (Å²) in [6.07, 6.45) is 3.91. The second kappa shape index (κ2) is 7.66. The van der Waals surface area contributed by atoms with Crippen LogP contribution < -0.4 is 5.32 Å². The van der Waals surface area contributed by atoms with E-state index < -0.39 is 10.0 Å². The zero-order chi connectivity index (χ0) is 18.9. The molecule has 0 atom stereocenters. The highest BCUT2D eigenvalue weighted by Gasteiger charge is 2.27. The molecule has 1 amide bonds. The number of nitrogens with zero attached hydrogens (tertiary/aromatic N) is 1. The van der Waals surface area contributed by atoms with E-state index in [-0.39, 0.29) is 10.8 Å². The van der Waals surface area contributed by atoms with Crippen molar-refractivity contribution in [3.63, 3.8) is 0 Å². The smallest absolute Gasteiger partial charge is 0.255 e. The number of hydrogen-bond donors (Lipinski definition) is 1. The summed E-state index contributed by atoms with van der Waals surface area (Å²) in [4.78, 5) is 14.1.